The lowest BCUT2D eigenvalue weighted by Crippen LogP contribution is -2.64. The maximum absolute atomic E-state index is 13.3. The molecule has 5 heteroatoms. The lowest BCUT2D eigenvalue weighted by molar-refractivity contribution is -0.169. The van der Waals surface area contributed by atoms with Gasteiger partial charge in [-0.05, 0) is 47.7 Å². The predicted molar refractivity (Wildman–Crippen MR) is 145 cm³/mol. The van der Waals surface area contributed by atoms with Gasteiger partial charge in [0.05, 0.1) is 19.1 Å². The van der Waals surface area contributed by atoms with Crippen molar-refractivity contribution in [3.63, 3.8) is 0 Å². The summed E-state index contributed by atoms with van der Waals surface area (Å²) in [6.07, 6.45) is 0.171. The fourth-order valence-electron chi connectivity index (χ4n) is 6.24. The molecule has 0 amide bonds. The molecule has 5 nitrogen and oxygen atoms in total. The van der Waals surface area contributed by atoms with E-state index in [1.807, 2.05) is 18.2 Å². The summed E-state index contributed by atoms with van der Waals surface area (Å²) in [7, 11) is 1.63. The summed E-state index contributed by atoms with van der Waals surface area (Å²) in [4.78, 5) is 15.6. The minimum absolute atomic E-state index is 0.0280. The van der Waals surface area contributed by atoms with Crippen LogP contribution >= 0.6 is 0 Å². The van der Waals surface area contributed by atoms with Crippen molar-refractivity contribution in [2.45, 2.75) is 50.9 Å². The molecule has 3 saturated heterocycles. The van der Waals surface area contributed by atoms with E-state index in [-0.39, 0.29) is 36.4 Å². The number of rotatable bonds is 8. The SMILES string of the molecule is COc1ccc(C(C)C)cc1COC(=O)[C@@H]1CN2CC[C@H]1[C@H](O)[C@@H]2C(c1ccccc1)c1ccccc1. The molecule has 3 heterocycles. The van der Waals surface area contributed by atoms with Gasteiger partial charge in [0, 0.05) is 30.0 Å². The number of carbonyl (C=O) groups is 1. The van der Waals surface area contributed by atoms with E-state index in [2.05, 4.69) is 79.4 Å². The van der Waals surface area contributed by atoms with Crippen molar-refractivity contribution in [2.75, 3.05) is 20.2 Å². The molecular weight excluding hydrogens is 462 g/mol. The van der Waals surface area contributed by atoms with Crippen LogP contribution in [0.3, 0.4) is 0 Å². The smallest absolute Gasteiger partial charge is 0.310 e. The average molecular weight is 500 g/mol. The highest BCUT2D eigenvalue weighted by Crippen LogP contribution is 2.44. The van der Waals surface area contributed by atoms with Gasteiger partial charge in [-0.15, -0.1) is 0 Å². The van der Waals surface area contributed by atoms with E-state index in [0.717, 1.165) is 24.3 Å². The Morgan fingerprint density at radius 1 is 0.973 bits per heavy atom. The molecule has 0 saturated carbocycles. The summed E-state index contributed by atoms with van der Waals surface area (Å²) in [5.41, 5.74) is 4.42. The molecule has 3 aromatic carbocycles. The van der Waals surface area contributed by atoms with Crippen molar-refractivity contribution in [1.82, 2.24) is 4.90 Å². The Morgan fingerprint density at radius 3 is 2.19 bits per heavy atom. The number of fused-ring (bicyclic) bond motifs is 3. The van der Waals surface area contributed by atoms with Crippen LogP contribution in [-0.4, -0.2) is 48.3 Å². The molecule has 3 aromatic rings. The zero-order chi connectivity index (χ0) is 25.9. The summed E-state index contributed by atoms with van der Waals surface area (Å²) >= 11 is 0. The number of piperidine rings is 3. The Balaban J connectivity index is 1.35. The van der Waals surface area contributed by atoms with Gasteiger partial charge in [-0.2, -0.15) is 0 Å². The van der Waals surface area contributed by atoms with E-state index in [1.54, 1.807) is 7.11 Å². The highest BCUT2D eigenvalue weighted by Gasteiger charge is 2.52. The summed E-state index contributed by atoms with van der Waals surface area (Å²) in [6, 6.07) is 26.8. The minimum Gasteiger partial charge on any atom is -0.496 e. The van der Waals surface area contributed by atoms with Gasteiger partial charge in [0.2, 0.25) is 0 Å². The lowest BCUT2D eigenvalue weighted by Gasteiger charge is -2.54. The van der Waals surface area contributed by atoms with Gasteiger partial charge in [0.1, 0.15) is 12.4 Å². The Kier molecular flexibility index (Phi) is 7.63. The number of aliphatic hydroxyl groups is 1. The first-order chi connectivity index (χ1) is 18.0. The number of carbonyl (C=O) groups excluding carboxylic acids is 1. The van der Waals surface area contributed by atoms with Crippen molar-refractivity contribution in [1.29, 1.82) is 0 Å². The van der Waals surface area contributed by atoms with E-state index >= 15 is 0 Å². The Bertz CT molecular complexity index is 1150. The van der Waals surface area contributed by atoms with Gasteiger partial charge in [-0.25, -0.2) is 0 Å². The first kappa shape index (κ1) is 25.5. The summed E-state index contributed by atoms with van der Waals surface area (Å²) in [5.74, 6) is 0.421. The fraction of sp³-hybridized carbons (Fsp3) is 0.406. The second-order valence-corrected chi connectivity index (χ2v) is 10.7. The molecule has 1 unspecified atom stereocenters. The van der Waals surface area contributed by atoms with Gasteiger partial charge in [0.25, 0.3) is 0 Å². The van der Waals surface area contributed by atoms with Crippen molar-refractivity contribution in [3.8, 4) is 5.75 Å². The van der Waals surface area contributed by atoms with Gasteiger partial charge >= 0.3 is 5.97 Å². The molecule has 3 fully saturated rings. The van der Waals surface area contributed by atoms with Crippen LogP contribution in [0.4, 0.5) is 0 Å². The largest absolute Gasteiger partial charge is 0.496 e. The van der Waals surface area contributed by atoms with Crippen molar-refractivity contribution >= 4 is 5.97 Å². The van der Waals surface area contributed by atoms with Crippen LogP contribution in [-0.2, 0) is 16.1 Å². The molecule has 5 atom stereocenters. The maximum Gasteiger partial charge on any atom is 0.310 e. The van der Waals surface area contributed by atoms with Crippen LogP contribution in [0, 0.1) is 11.8 Å². The van der Waals surface area contributed by atoms with Crippen molar-refractivity contribution in [2.24, 2.45) is 11.8 Å². The van der Waals surface area contributed by atoms with Crippen LogP contribution in [0.1, 0.15) is 54.4 Å². The molecule has 0 aromatic heterocycles. The number of hydrogen-bond acceptors (Lipinski definition) is 5. The van der Waals surface area contributed by atoms with E-state index in [4.69, 9.17) is 9.47 Å². The van der Waals surface area contributed by atoms with Gasteiger partial charge in [-0.3, -0.25) is 9.69 Å². The minimum atomic E-state index is -0.621. The molecule has 2 bridgehead atoms. The second kappa shape index (κ2) is 11.1. The molecule has 37 heavy (non-hydrogen) atoms. The first-order valence-electron chi connectivity index (χ1n) is 13.3. The standard InChI is InChI=1S/C32H37NO4/c1-21(2)24-14-15-28(36-3)25(18-24)20-37-32(35)27-19-33-17-16-26(27)31(34)30(33)29(22-10-6-4-7-11-22)23-12-8-5-9-13-23/h4-15,18,21,26-27,29-31,34H,16-17,19-20H2,1-3H3/t26-,27-,30+,31+/m1/s1. The number of ether oxygens (including phenoxy) is 2. The molecule has 1 N–H and O–H groups in total. The normalized spacial score (nSPS) is 24.9. The van der Waals surface area contributed by atoms with Crippen LogP contribution in [0.5, 0.6) is 5.75 Å². The van der Waals surface area contributed by atoms with Crippen LogP contribution in [0.2, 0.25) is 0 Å². The zero-order valence-electron chi connectivity index (χ0n) is 21.9. The van der Waals surface area contributed by atoms with E-state index in [0.29, 0.717) is 12.5 Å². The van der Waals surface area contributed by atoms with Crippen LogP contribution in [0.15, 0.2) is 78.9 Å². The molecule has 0 radical (unpaired) electrons. The predicted octanol–water partition coefficient (Wildman–Crippen LogP) is 5.38. The topological polar surface area (TPSA) is 59.0 Å². The maximum atomic E-state index is 13.3. The number of esters is 1. The van der Waals surface area contributed by atoms with Crippen molar-refractivity contribution in [3.05, 3.63) is 101 Å². The Labute approximate surface area is 220 Å². The van der Waals surface area contributed by atoms with E-state index < -0.39 is 6.10 Å². The number of hydrogen-bond donors (Lipinski definition) is 1. The quantitative estimate of drug-likeness (QED) is 0.422. The van der Waals surface area contributed by atoms with Crippen LogP contribution < -0.4 is 4.74 Å². The molecular formula is C32H37NO4. The van der Waals surface area contributed by atoms with Gasteiger partial charge in [0.15, 0.2) is 0 Å². The number of methoxy groups -OCH3 is 1. The van der Waals surface area contributed by atoms with Gasteiger partial charge < -0.3 is 14.6 Å². The molecule has 0 spiro atoms. The third kappa shape index (κ3) is 5.16. The summed E-state index contributed by atoms with van der Waals surface area (Å²) in [5, 5.41) is 11.7. The van der Waals surface area contributed by atoms with E-state index in [9.17, 15) is 9.90 Å². The van der Waals surface area contributed by atoms with Crippen LogP contribution in [0.25, 0.3) is 0 Å². The Hall–Kier alpha value is -3.15. The second-order valence-electron chi connectivity index (χ2n) is 10.7. The summed E-state index contributed by atoms with van der Waals surface area (Å²) in [6.45, 7) is 5.92. The number of nitrogens with zero attached hydrogens (tertiary/aromatic N) is 1. The summed E-state index contributed by atoms with van der Waals surface area (Å²) < 4.78 is 11.4. The molecule has 3 aliphatic rings. The molecule has 3 aliphatic heterocycles. The monoisotopic (exact) mass is 499 g/mol. The van der Waals surface area contributed by atoms with E-state index in [1.165, 1.54) is 16.7 Å². The number of benzene rings is 3. The zero-order valence-corrected chi connectivity index (χ0v) is 21.9. The Morgan fingerprint density at radius 2 is 1.62 bits per heavy atom. The number of aliphatic hydroxyl groups excluding tert-OH is 1. The highest BCUT2D eigenvalue weighted by atomic mass is 16.5. The molecule has 194 valence electrons. The molecule has 0 aliphatic carbocycles. The third-order valence-corrected chi connectivity index (χ3v) is 8.21. The highest BCUT2D eigenvalue weighted by molar-refractivity contribution is 5.74. The molecule has 6 rings (SSSR count). The fourth-order valence-corrected chi connectivity index (χ4v) is 6.24. The van der Waals surface area contributed by atoms with Gasteiger partial charge in [-0.1, -0.05) is 80.6 Å². The average Bonchev–Trinajstić information content (AvgIpc) is 2.94. The lowest BCUT2D eigenvalue weighted by atomic mass is 9.68. The first-order valence-corrected chi connectivity index (χ1v) is 13.3. The van der Waals surface area contributed by atoms with Crippen molar-refractivity contribution < 1.29 is 19.4 Å². The third-order valence-electron chi connectivity index (χ3n) is 8.21.